The van der Waals surface area contributed by atoms with Crippen molar-refractivity contribution in [2.75, 3.05) is 18.0 Å². The van der Waals surface area contributed by atoms with Crippen LogP contribution in [0.25, 0.3) is 0 Å². The van der Waals surface area contributed by atoms with Gasteiger partial charge in [0.05, 0.1) is 11.6 Å². The van der Waals surface area contributed by atoms with Crippen molar-refractivity contribution in [3.63, 3.8) is 0 Å². The zero-order valence-electron chi connectivity index (χ0n) is 12.4. The Hall–Kier alpha value is -1.10. The molecular formula is C14H24N2O2S. The first-order valence-electron chi connectivity index (χ1n) is 6.73. The molecule has 108 valence electrons. The van der Waals surface area contributed by atoms with Gasteiger partial charge in [0.15, 0.2) is 5.13 Å². The summed E-state index contributed by atoms with van der Waals surface area (Å²) in [5, 5.41) is 10.0. The lowest BCUT2D eigenvalue weighted by atomic mass is 10.1. The van der Waals surface area contributed by atoms with E-state index in [9.17, 15) is 4.79 Å². The summed E-state index contributed by atoms with van der Waals surface area (Å²) in [5.41, 5.74) is 1.04. The van der Waals surface area contributed by atoms with Gasteiger partial charge in [0.2, 0.25) is 0 Å². The highest BCUT2D eigenvalue weighted by Gasteiger charge is 2.19. The molecule has 1 rings (SSSR count). The molecule has 0 spiro atoms. The Morgan fingerprint density at radius 3 is 2.42 bits per heavy atom. The van der Waals surface area contributed by atoms with E-state index in [1.165, 1.54) is 4.88 Å². The number of carboxylic acid groups (broad SMARTS) is 1. The van der Waals surface area contributed by atoms with Crippen molar-refractivity contribution >= 4 is 22.4 Å². The molecule has 0 bridgehead atoms. The smallest absolute Gasteiger partial charge is 0.308 e. The van der Waals surface area contributed by atoms with Crippen LogP contribution in [0.5, 0.6) is 0 Å². The van der Waals surface area contributed by atoms with Gasteiger partial charge in [0, 0.05) is 18.0 Å². The average molecular weight is 284 g/mol. The van der Waals surface area contributed by atoms with E-state index in [0.29, 0.717) is 12.5 Å². The molecule has 0 saturated heterocycles. The van der Waals surface area contributed by atoms with Gasteiger partial charge in [-0.2, -0.15) is 0 Å². The fraction of sp³-hybridized carbons (Fsp3) is 0.714. The Balaban J connectivity index is 2.82. The molecule has 5 heteroatoms. The van der Waals surface area contributed by atoms with E-state index >= 15 is 0 Å². The quantitative estimate of drug-likeness (QED) is 0.834. The molecule has 1 aromatic rings. The Bertz CT molecular complexity index is 410. The summed E-state index contributed by atoms with van der Waals surface area (Å²) in [4.78, 5) is 18.9. The molecule has 0 saturated carbocycles. The molecule has 0 fully saturated rings. The van der Waals surface area contributed by atoms with Crippen molar-refractivity contribution < 1.29 is 9.90 Å². The lowest BCUT2D eigenvalue weighted by Crippen LogP contribution is -2.33. The number of hydrogen-bond donors (Lipinski definition) is 1. The third kappa shape index (κ3) is 4.82. The highest BCUT2D eigenvalue weighted by molar-refractivity contribution is 7.15. The van der Waals surface area contributed by atoms with Crippen molar-refractivity contribution in [1.82, 2.24) is 4.98 Å². The number of carboxylic acids is 1. The monoisotopic (exact) mass is 284 g/mol. The normalized spacial score (nSPS) is 12.7. The molecule has 19 heavy (non-hydrogen) atoms. The Kier molecular flexibility index (Phi) is 5.79. The maximum absolute atomic E-state index is 11.0. The van der Waals surface area contributed by atoms with Gasteiger partial charge in [-0.25, -0.2) is 4.98 Å². The molecular weight excluding hydrogens is 260 g/mol. The maximum Gasteiger partial charge on any atom is 0.308 e. The van der Waals surface area contributed by atoms with Gasteiger partial charge < -0.3 is 10.0 Å². The second kappa shape index (κ2) is 6.89. The molecule has 0 radical (unpaired) electrons. The highest BCUT2D eigenvalue weighted by Crippen LogP contribution is 2.26. The van der Waals surface area contributed by atoms with Crippen molar-refractivity contribution in [1.29, 1.82) is 0 Å². The molecule has 0 aliphatic heterocycles. The van der Waals surface area contributed by atoms with E-state index in [1.54, 1.807) is 18.3 Å². The van der Waals surface area contributed by atoms with Gasteiger partial charge in [0.25, 0.3) is 0 Å². The maximum atomic E-state index is 11.0. The Morgan fingerprint density at radius 1 is 1.37 bits per heavy atom. The molecule has 1 unspecified atom stereocenters. The largest absolute Gasteiger partial charge is 0.481 e. The number of nitrogens with zero attached hydrogens (tertiary/aromatic N) is 2. The average Bonchev–Trinajstić information content (AvgIpc) is 2.64. The SMILES string of the molecule is Cc1nc(N(CCC(C)C)CC(C)C(=O)O)sc1C. The third-order valence-electron chi connectivity index (χ3n) is 3.18. The van der Waals surface area contributed by atoms with Crippen LogP contribution in [0.15, 0.2) is 0 Å². The number of rotatable bonds is 7. The Morgan fingerprint density at radius 2 is 2.00 bits per heavy atom. The fourth-order valence-electron chi connectivity index (χ4n) is 1.68. The van der Waals surface area contributed by atoms with Crippen LogP contribution in [-0.2, 0) is 4.79 Å². The minimum Gasteiger partial charge on any atom is -0.481 e. The summed E-state index contributed by atoms with van der Waals surface area (Å²) in [6.45, 7) is 11.5. The molecule has 1 N–H and O–H groups in total. The van der Waals surface area contributed by atoms with Crippen LogP contribution in [-0.4, -0.2) is 29.1 Å². The van der Waals surface area contributed by atoms with E-state index < -0.39 is 5.97 Å². The topological polar surface area (TPSA) is 53.4 Å². The predicted molar refractivity (Wildman–Crippen MR) is 80.1 cm³/mol. The van der Waals surface area contributed by atoms with Crippen LogP contribution in [0.4, 0.5) is 5.13 Å². The fourth-order valence-corrected chi connectivity index (χ4v) is 2.62. The molecule has 0 amide bonds. The van der Waals surface area contributed by atoms with Gasteiger partial charge in [-0.15, -0.1) is 11.3 Å². The van der Waals surface area contributed by atoms with Gasteiger partial charge >= 0.3 is 5.97 Å². The van der Waals surface area contributed by atoms with Crippen molar-refractivity contribution in [2.45, 2.75) is 41.0 Å². The predicted octanol–water partition coefficient (Wildman–Crippen LogP) is 3.33. The number of anilines is 1. The first-order chi connectivity index (χ1) is 8.81. The Labute approximate surface area is 119 Å². The van der Waals surface area contributed by atoms with Crippen molar-refractivity contribution in [3.05, 3.63) is 10.6 Å². The van der Waals surface area contributed by atoms with Crippen LogP contribution >= 0.6 is 11.3 Å². The molecule has 1 heterocycles. The molecule has 0 aliphatic rings. The number of thiazole rings is 1. The number of hydrogen-bond acceptors (Lipinski definition) is 4. The van der Waals surface area contributed by atoms with E-state index in [1.807, 2.05) is 6.92 Å². The van der Waals surface area contributed by atoms with Gasteiger partial charge in [-0.05, 0) is 26.2 Å². The first-order valence-corrected chi connectivity index (χ1v) is 7.54. The molecule has 1 atom stereocenters. The summed E-state index contributed by atoms with van der Waals surface area (Å²) >= 11 is 1.65. The van der Waals surface area contributed by atoms with Crippen LogP contribution in [0.1, 0.15) is 37.8 Å². The van der Waals surface area contributed by atoms with Crippen LogP contribution < -0.4 is 4.90 Å². The summed E-state index contributed by atoms with van der Waals surface area (Å²) in [6.07, 6.45) is 1.05. The van der Waals surface area contributed by atoms with Crippen molar-refractivity contribution in [3.8, 4) is 0 Å². The third-order valence-corrected chi connectivity index (χ3v) is 4.31. The summed E-state index contributed by atoms with van der Waals surface area (Å²) < 4.78 is 0. The first kappa shape index (κ1) is 16.0. The lowest BCUT2D eigenvalue weighted by molar-refractivity contribution is -0.140. The van der Waals surface area contributed by atoms with E-state index in [4.69, 9.17) is 5.11 Å². The minimum atomic E-state index is -0.750. The number of carbonyl (C=O) groups is 1. The van der Waals surface area contributed by atoms with Gasteiger partial charge in [-0.3, -0.25) is 4.79 Å². The van der Waals surface area contributed by atoms with Crippen LogP contribution in [0, 0.1) is 25.7 Å². The number of aromatic nitrogens is 1. The second-order valence-corrected chi connectivity index (χ2v) is 6.69. The van der Waals surface area contributed by atoms with Crippen molar-refractivity contribution in [2.24, 2.45) is 11.8 Å². The van der Waals surface area contributed by atoms with E-state index in [2.05, 4.69) is 30.7 Å². The summed E-state index contributed by atoms with van der Waals surface area (Å²) in [5.74, 6) is -0.527. The zero-order valence-corrected chi connectivity index (χ0v) is 13.3. The number of aliphatic carboxylic acids is 1. The van der Waals surface area contributed by atoms with Crippen LogP contribution in [0.3, 0.4) is 0 Å². The highest BCUT2D eigenvalue weighted by atomic mass is 32.1. The zero-order chi connectivity index (χ0) is 14.6. The number of aryl methyl sites for hydroxylation is 2. The molecule has 1 aromatic heterocycles. The van der Waals surface area contributed by atoms with Gasteiger partial charge in [0.1, 0.15) is 0 Å². The molecule has 0 aromatic carbocycles. The summed E-state index contributed by atoms with van der Waals surface area (Å²) in [6, 6.07) is 0. The standard InChI is InChI=1S/C14H24N2O2S/c1-9(2)6-7-16(8-10(3)13(17)18)14-15-11(4)12(5)19-14/h9-10H,6-8H2,1-5H3,(H,17,18). The molecule has 4 nitrogen and oxygen atoms in total. The van der Waals surface area contributed by atoms with Gasteiger partial charge in [-0.1, -0.05) is 20.8 Å². The minimum absolute atomic E-state index is 0.378. The summed E-state index contributed by atoms with van der Waals surface area (Å²) in [7, 11) is 0. The van der Waals surface area contributed by atoms with E-state index in [0.717, 1.165) is 23.8 Å². The van der Waals surface area contributed by atoms with E-state index in [-0.39, 0.29) is 5.92 Å². The second-order valence-electron chi connectivity index (χ2n) is 5.51. The molecule has 0 aliphatic carbocycles. The van der Waals surface area contributed by atoms with Crippen LogP contribution in [0.2, 0.25) is 0 Å². The lowest BCUT2D eigenvalue weighted by Gasteiger charge is -2.24.